The van der Waals surface area contributed by atoms with E-state index in [1.54, 1.807) is 17.9 Å². The van der Waals surface area contributed by atoms with Crippen LogP contribution in [-0.2, 0) is 24.4 Å². The van der Waals surface area contributed by atoms with E-state index >= 15 is 0 Å². The number of hydrogen-bond acceptors (Lipinski definition) is 6. The van der Waals surface area contributed by atoms with Gasteiger partial charge in [-0.05, 0) is 22.8 Å². The molecule has 1 saturated heterocycles. The number of morpholine rings is 1. The normalized spacial score (nSPS) is 16.5. The monoisotopic (exact) mass is 434 g/mol. The molecule has 0 aliphatic carbocycles. The maximum atomic E-state index is 13.3. The highest BCUT2D eigenvalue weighted by atomic mass is 16.5. The van der Waals surface area contributed by atoms with Crippen LogP contribution < -0.4 is 0 Å². The zero-order valence-corrected chi connectivity index (χ0v) is 18.1. The van der Waals surface area contributed by atoms with Crippen LogP contribution >= 0.6 is 0 Å². The molecule has 0 radical (unpaired) electrons. The quantitative estimate of drug-likeness (QED) is 0.599. The summed E-state index contributed by atoms with van der Waals surface area (Å²) in [4.78, 5) is 29.6. The summed E-state index contributed by atoms with van der Waals surface area (Å²) in [7, 11) is 0. The SMILES string of the molecule is CCC(=O)c1n[nH]c2cc(O)c(C(=O)N3Cc4ccc(CN5CCOCC5)cc4C3)cc12. The molecule has 32 heavy (non-hydrogen) atoms. The van der Waals surface area contributed by atoms with Crippen LogP contribution in [0.4, 0.5) is 0 Å². The number of phenolic OH excluding ortho intramolecular Hbond substituents is 1. The first kappa shape index (κ1) is 20.7. The Morgan fingerprint density at radius 2 is 1.91 bits per heavy atom. The van der Waals surface area contributed by atoms with Gasteiger partial charge < -0.3 is 14.7 Å². The third kappa shape index (κ3) is 3.76. The van der Waals surface area contributed by atoms with Crippen molar-refractivity contribution in [3.63, 3.8) is 0 Å². The van der Waals surface area contributed by atoms with E-state index in [9.17, 15) is 14.7 Å². The number of aromatic amines is 1. The van der Waals surface area contributed by atoms with Crippen LogP contribution in [0.15, 0.2) is 30.3 Å². The summed E-state index contributed by atoms with van der Waals surface area (Å²) >= 11 is 0. The summed E-state index contributed by atoms with van der Waals surface area (Å²) in [5.41, 5.74) is 4.50. The topological polar surface area (TPSA) is 98.8 Å². The number of fused-ring (bicyclic) bond motifs is 2. The lowest BCUT2D eigenvalue weighted by atomic mass is 10.1. The van der Waals surface area contributed by atoms with Gasteiger partial charge in [-0.3, -0.25) is 19.6 Å². The lowest BCUT2D eigenvalue weighted by Crippen LogP contribution is -2.35. The second kappa shape index (κ2) is 8.37. The Labute approximate surface area is 185 Å². The third-order valence-electron chi connectivity index (χ3n) is 6.28. The number of carbonyl (C=O) groups excluding carboxylic acids is 2. The zero-order valence-electron chi connectivity index (χ0n) is 18.1. The highest BCUT2D eigenvalue weighted by molar-refractivity contribution is 6.09. The van der Waals surface area contributed by atoms with E-state index in [1.807, 2.05) is 0 Å². The van der Waals surface area contributed by atoms with Gasteiger partial charge in [0.1, 0.15) is 11.4 Å². The minimum atomic E-state index is -0.258. The second-order valence-corrected chi connectivity index (χ2v) is 8.42. The van der Waals surface area contributed by atoms with Crippen molar-refractivity contribution in [3.05, 3.63) is 58.3 Å². The Kier molecular flexibility index (Phi) is 5.40. The molecule has 0 bridgehead atoms. The molecule has 1 amide bonds. The summed E-state index contributed by atoms with van der Waals surface area (Å²) < 4.78 is 5.42. The van der Waals surface area contributed by atoms with Crippen molar-refractivity contribution in [1.29, 1.82) is 0 Å². The van der Waals surface area contributed by atoms with E-state index in [1.165, 1.54) is 11.6 Å². The largest absolute Gasteiger partial charge is 0.507 e. The van der Waals surface area contributed by atoms with Gasteiger partial charge in [-0.1, -0.05) is 25.1 Å². The standard InChI is InChI=1S/C24H26N4O4/c1-2-21(29)23-18-10-19(22(30)11-20(18)25-26-23)24(31)28-13-16-4-3-15(9-17(16)14-28)12-27-5-7-32-8-6-27/h3-4,9-11,30H,2,5-8,12-14H2,1H3,(H,25,26). The molecule has 0 saturated carbocycles. The minimum Gasteiger partial charge on any atom is -0.507 e. The van der Waals surface area contributed by atoms with Crippen molar-refractivity contribution >= 4 is 22.6 Å². The van der Waals surface area contributed by atoms with Crippen LogP contribution in [0.25, 0.3) is 10.9 Å². The van der Waals surface area contributed by atoms with Crippen LogP contribution in [0.1, 0.15) is 50.9 Å². The second-order valence-electron chi connectivity index (χ2n) is 8.42. The molecular weight excluding hydrogens is 408 g/mol. The molecule has 3 aromatic rings. The molecule has 2 N–H and O–H groups in total. The fraction of sp³-hybridized carbons (Fsp3) is 0.375. The van der Waals surface area contributed by atoms with E-state index in [0.717, 1.165) is 44.0 Å². The van der Waals surface area contributed by atoms with E-state index < -0.39 is 0 Å². The number of nitrogens with one attached hydrogen (secondary N) is 1. The van der Waals surface area contributed by atoms with Gasteiger partial charge in [0, 0.05) is 50.6 Å². The lowest BCUT2D eigenvalue weighted by Gasteiger charge is -2.26. The number of aromatic hydroxyl groups is 1. The minimum absolute atomic E-state index is 0.110. The number of ether oxygens (including phenoxy) is 1. The molecule has 2 aliphatic heterocycles. The molecule has 166 valence electrons. The number of rotatable bonds is 5. The zero-order chi connectivity index (χ0) is 22.2. The number of ketones is 1. The molecule has 2 aromatic carbocycles. The van der Waals surface area contributed by atoms with Crippen LogP contribution in [0.2, 0.25) is 0 Å². The van der Waals surface area contributed by atoms with Crippen LogP contribution in [-0.4, -0.2) is 63.1 Å². The van der Waals surface area contributed by atoms with Gasteiger partial charge >= 0.3 is 0 Å². The number of Topliss-reactive ketones (excluding diaryl/α,β-unsaturated/α-hetero) is 1. The van der Waals surface area contributed by atoms with Crippen molar-refractivity contribution in [3.8, 4) is 5.75 Å². The number of nitrogens with zero attached hydrogens (tertiary/aromatic N) is 3. The highest BCUT2D eigenvalue weighted by Crippen LogP contribution is 2.31. The fourth-order valence-electron chi connectivity index (χ4n) is 4.48. The molecule has 5 rings (SSSR count). The molecule has 8 heteroatoms. The Morgan fingerprint density at radius 1 is 1.12 bits per heavy atom. The van der Waals surface area contributed by atoms with Gasteiger partial charge in [-0.25, -0.2) is 0 Å². The van der Waals surface area contributed by atoms with Crippen molar-refractivity contribution in [2.75, 3.05) is 26.3 Å². The first-order valence-electron chi connectivity index (χ1n) is 11.0. The number of carbonyl (C=O) groups is 2. The van der Waals surface area contributed by atoms with Gasteiger partial charge in [0.15, 0.2) is 5.78 Å². The van der Waals surface area contributed by atoms with Crippen LogP contribution in [0.5, 0.6) is 5.75 Å². The molecule has 0 unspecified atom stereocenters. The summed E-state index contributed by atoms with van der Waals surface area (Å²) in [6, 6.07) is 9.43. The van der Waals surface area contributed by atoms with Gasteiger partial charge in [0.25, 0.3) is 5.91 Å². The van der Waals surface area contributed by atoms with E-state index in [2.05, 4.69) is 33.3 Å². The van der Waals surface area contributed by atoms with E-state index in [4.69, 9.17) is 4.74 Å². The molecule has 3 heterocycles. The van der Waals surface area contributed by atoms with Gasteiger partial charge in [0.05, 0.1) is 24.3 Å². The van der Waals surface area contributed by atoms with Crippen LogP contribution in [0.3, 0.4) is 0 Å². The molecule has 8 nitrogen and oxygen atoms in total. The highest BCUT2D eigenvalue weighted by Gasteiger charge is 2.27. The third-order valence-corrected chi connectivity index (χ3v) is 6.28. The molecular formula is C24H26N4O4. The molecule has 0 atom stereocenters. The van der Waals surface area contributed by atoms with E-state index in [-0.39, 0.29) is 23.0 Å². The summed E-state index contributed by atoms with van der Waals surface area (Å²) in [6.45, 7) is 7.03. The molecule has 2 aliphatic rings. The van der Waals surface area contributed by atoms with Gasteiger partial charge in [0.2, 0.25) is 0 Å². The number of phenols is 1. The predicted octanol–water partition coefficient (Wildman–Crippen LogP) is 2.85. The summed E-state index contributed by atoms with van der Waals surface area (Å²) in [5, 5.41) is 17.9. The maximum Gasteiger partial charge on any atom is 0.258 e. The predicted molar refractivity (Wildman–Crippen MR) is 118 cm³/mol. The Hall–Kier alpha value is -3.23. The number of hydrogen-bond donors (Lipinski definition) is 2. The smallest absolute Gasteiger partial charge is 0.258 e. The van der Waals surface area contributed by atoms with Gasteiger partial charge in [-0.2, -0.15) is 5.10 Å². The maximum absolute atomic E-state index is 13.3. The van der Waals surface area contributed by atoms with E-state index in [0.29, 0.717) is 36.1 Å². The Bertz CT molecular complexity index is 1200. The Morgan fingerprint density at radius 3 is 2.69 bits per heavy atom. The molecule has 1 fully saturated rings. The fourth-order valence-corrected chi connectivity index (χ4v) is 4.48. The number of amides is 1. The first-order valence-corrected chi connectivity index (χ1v) is 11.0. The van der Waals surface area contributed by atoms with Crippen molar-refractivity contribution < 1.29 is 19.4 Å². The number of benzene rings is 2. The van der Waals surface area contributed by atoms with Crippen molar-refractivity contribution in [2.45, 2.75) is 33.0 Å². The van der Waals surface area contributed by atoms with Crippen molar-refractivity contribution in [1.82, 2.24) is 20.0 Å². The first-order chi connectivity index (χ1) is 15.5. The number of H-pyrrole nitrogens is 1. The molecule has 1 aromatic heterocycles. The van der Waals surface area contributed by atoms with Gasteiger partial charge in [-0.15, -0.1) is 0 Å². The van der Waals surface area contributed by atoms with Crippen LogP contribution in [0, 0.1) is 0 Å². The lowest BCUT2D eigenvalue weighted by molar-refractivity contribution is 0.0342. The summed E-state index contributed by atoms with van der Waals surface area (Å²) in [5.74, 6) is -0.487. The number of aromatic nitrogens is 2. The molecule has 0 spiro atoms. The average Bonchev–Trinajstić information content (AvgIpc) is 3.41. The van der Waals surface area contributed by atoms with Crippen molar-refractivity contribution in [2.24, 2.45) is 0 Å². The average molecular weight is 434 g/mol. The Balaban J connectivity index is 1.37. The summed E-state index contributed by atoms with van der Waals surface area (Å²) in [6.07, 6.45) is 0.318.